The van der Waals surface area contributed by atoms with Gasteiger partial charge in [-0.15, -0.1) is 0 Å². The second-order valence-electron chi connectivity index (χ2n) is 5.72. The minimum atomic E-state index is -0.510. The van der Waals surface area contributed by atoms with Crippen LogP contribution in [0.25, 0.3) is 0 Å². The van der Waals surface area contributed by atoms with E-state index in [1.807, 2.05) is 22.6 Å². The summed E-state index contributed by atoms with van der Waals surface area (Å²) in [5, 5.41) is 0. The Morgan fingerprint density at radius 1 is 1.44 bits per heavy atom. The molecule has 3 nitrogen and oxygen atoms in total. The van der Waals surface area contributed by atoms with Crippen LogP contribution in [0.5, 0.6) is 0 Å². The average Bonchev–Trinajstić information content (AvgIpc) is 2.51. The van der Waals surface area contributed by atoms with Gasteiger partial charge in [0.05, 0.1) is 0 Å². The molecule has 0 aromatic rings. The Kier molecular flexibility index (Phi) is 3.14. The van der Waals surface area contributed by atoms with Gasteiger partial charge in [-0.05, 0) is 53.2 Å². The first-order valence-corrected chi connectivity index (χ1v) is 7.34. The fraction of sp³-hybridized carbons (Fsp3) is 0.917. The fourth-order valence-corrected chi connectivity index (χ4v) is 3.76. The monoisotopic (exact) mass is 338 g/mol. The van der Waals surface area contributed by atoms with Crippen molar-refractivity contribution in [1.82, 2.24) is 0 Å². The van der Waals surface area contributed by atoms with E-state index in [-0.39, 0.29) is 16.9 Å². The average molecular weight is 338 g/mol. The molecule has 0 aromatic heterocycles. The van der Waals surface area contributed by atoms with Crippen molar-refractivity contribution >= 4 is 28.7 Å². The number of alkyl halides is 1. The number of carbonyl (C=O) groups is 1. The summed E-state index contributed by atoms with van der Waals surface area (Å²) < 4.78 is 10.7. The number of carbonyl (C=O) groups excluding carboxylic acids is 1. The van der Waals surface area contributed by atoms with E-state index in [0.29, 0.717) is 10.5 Å². The van der Waals surface area contributed by atoms with Crippen molar-refractivity contribution < 1.29 is 14.3 Å². The molecule has 3 unspecified atom stereocenters. The number of rotatable bonds is 2. The molecule has 3 atom stereocenters. The lowest BCUT2D eigenvalue weighted by atomic mass is 9.70. The lowest BCUT2D eigenvalue weighted by molar-refractivity contribution is -0.0328. The zero-order valence-corrected chi connectivity index (χ0v) is 12.2. The number of ether oxygens (including phenoxy) is 2. The van der Waals surface area contributed by atoms with Gasteiger partial charge in [-0.2, -0.15) is 0 Å². The Morgan fingerprint density at radius 2 is 2.12 bits per heavy atom. The zero-order chi connectivity index (χ0) is 12.0. The largest absolute Gasteiger partial charge is 0.509 e. The van der Waals surface area contributed by atoms with E-state index in [4.69, 9.17) is 9.47 Å². The van der Waals surface area contributed by atoms with Crippen molar-refractivity contribution in [3.05, 3.63) is 0 Å². The maximum atomic E-state index is 11.4. The quantitative estimate of drug-likeness (QED) is 0.437. The van der Waals surface area contributed by atoms with Crippen LogP contribution in [-0.4, -0.2) is 16.9 Å². The standard InChI is InChI=1S/C12H19IO3/c1-11(2)8-4-5-12(11,3)9(6-8)16-10(14)15-7-13/h8-9H,4-7H2,1-3H3. The first-order chi connectivity index (χ1) is 7.41. The highest BCUT2D eigenvalue weighted by Gasteiger charge is 2.63. The van der Waals surface area contributed by atoms with Crippen LogP contribution >= 0.6 is 22.6 Å². The van der Waals surface area contributed by atoms with Crippen molar-refractivity contribution in [3.8, 4) is 0 Å². The van der Waals surface area contributed by atoms with Gasteiger partial charge in [-0.25, -0.2) is 4.79 Å². The molecule has 0 saturated heterocycles. The predicted molar refractivity (Wildman–Crippen MR) is 69.5 cm³/mol. The second kappa shape index (κ2) is 4.03. The van der Waals surface area contributed by atoms with E-state index < -0.39 is 6.16 Å². The van der Waals surface area contributed by atoms with Crippen LogP contribution in [-0.2, 0) is 9.47 Å². The van der Waals surface area contributed by atoms with Gasteiger partial charge < -0.3 is 9.47 Å². The lowest BCUT2D eigenvalue weighted by Crippen LogP contribution is -2.38. The maximum absolute atomic E-state index is 11.4. The second-order valence-corrected chi connectivity index (χ2v) is 6.34. The smallest absolute Gasteiger partial charge is 0.430 e. The van der Waals surface area contributed by atoms with Gasteiger partial charge in [0.1, 0.15) is 10.7 Å². The molecule has 0 aliphatic heterocycles. The molecule has 0 radical (unpaired) electrons. The first kappa shape index (κ1) is 12.5. The Morgan fingerprint density at radius 3 is 2.56 bits per heavy atom. The van der Waals surface area contributed by atoms with E-state index in [0.717, 1.165) is 12.8 Å². The van der Waals surface area contributed by atoms with Gasteiger partial charge in [0, 0.05) is 5.41 Å². The summed E-state index contributed by atoms with van der Waals surface area (Å²) >= 11 is 2.00. The van der Waals surface area contributed by atoms with Crippen LogP contribution in [0.2, 0.25) is 0 Å². The molecule has 0 heterocycles. The highest BCUT2D eigenvalue weighted by atomic mass is 127. The highest BCUT2D eigenvalue weighted by molar-refractivity contribution is 14.1. The van der Waals surface area contributed by atoms with E-state index in [1.54, 1.807) is 0 Å². The molecule has 2 aliphatic rings. The third-order valence-electron chi connectivity index (χ3n) is 5.12. The van der Waals surface area contributed by atoms with Crippen molar-refractivity contribution in [2.75, 3.05) is 4.61 Å². The first-order valence-electron chi connectivity index (χ1n) is 5.81. The molecule has 2 rings (SSSR count). The van der Waals surface area contributed by atoms with Crippen LogP contribution < -0.4 is 0 Å². The summed E-state index contributed by atoms with van der Waals surface area (Å²) in [5.74, 6) is 0.690. The Balaban J connectivity index is 2.07. The Bertz CT molecular complexity index is 303. The van der Waals surface area contributed by atoms with E-state index in [9.17, 15) is 4.79 Å². The summed E-state index contributed by atoms with van der Waals surface area (Å²) in [6.07, 6.45) is 2.96. The minimum Gasteiger partial charge on any atom is -0.430 e. The van der Waals surface area contributed by atoms with Crippen molar-refractivity contribution in [1.29, 1.82) is 0 Å². The van der Waals surface area contributed by atoms with Crippen molar-refractivity contribution in [2.24, 2.45) is 16.7 Å². The zero-order valence-electron chi connectivity index (χ0n) is 10.1. The van der Waals surface area contributed by atoms with Crippen molar-refractivity contribution in [2.45, 2.75) is 46.1 Å². The maximum Gasteiger partial charge on any atom is 0.509 e. The highest BCUT2D eigenvalue weighted by Crippen LogP contribution is 2.66. The molecule has 0 amide bonds. The van der Waals surface area contributed by atoms with Gasteiger partial charge in [0.15, 0.2) is 0 Å². The van der Waals surface area contributed by atoms with Crippen LogP contribution in [0.15, 0.2) is 0 Å². The van der Waals surface area contributed by atoms with Gasteiger partial charge in [-0.3, -0.25) is 0 Å². The molecule has 0 N–H and O–H groups in total. The van der Waals surface area contributed by atoms with Crippen LogP contribution in [0.3, 0.4) is 0 Å². The molecule has 2 bridgehead atoms. The third kappa shape index (κ3) is 1.64. The van der Waals surface area contributed by atoms with Gasteiger partial charge in [0.2, 0.25) is 0 Å². The van der Waals surface area contributed by atoms with Gasteiger partial charge in [-0.1, -0.05) is 20.8 Å². The number of fused-ring (bicyclic) bond motifs is 2. The molecule has 2 saturated carbocycles. The predicted octanol–water partition coefficient (Wildman–Crippen LogP) is 3.75. The van der Waals surface area contributed by atoms with E-state index in [2.05, 4.69) is 20.8 Å². The van der Waals surface area contributed by atoms with E-state index >= 15 is 0 Å². The number of halogens is 1. The summed E-state index contributed by atoms with van der Waals surface area (Å²) in [5.41, 5.74) is 0.407. The topological polar surface area (TPSA) is 35.5 Å². The molecular formula is C12H19IO3. The lowest BCUT2D eigenvalue weighted by Gasteiger charge is -2.38. The molecule has 2 fully saturated rings. The molecule has 2 aliphatic carbocycles. The normalized spacial score (nSPS) is 39.8. The third-order valence-corrected chi connectivity index (χ3v) is 5.44. The molecule has 0 aromatic carbocycles. The summed E-state index contributed by atoms with van der Waals surface area (Å²) in [6, 6.07) is 0. The molecule has 16 heavy (non-hydrogen) atoms. The SMILES string of the molecule is CC1(C)C2CCC1(C)C(OC(=O)OCI)C2. The molecule has 0 spiro atoms. The van der Waals surface area contributed by atoms with Crippen LogP contribution in [0.4, 0.5) is 4.79 Å². The van der Waals surface area contributed by atoms with Crippen LogP contribution in [0.1, 0.15) is 40.0 Å². The number of hydrogen-bond acceptors (Lipinski definition) is 3. The van der Waals surface area contributed by atoms with Gasteiger partial charge >= 0.3 is 6.16 Å². The summed E-state index contributed by atoms with van der Waals surface area (Å²) in [7, 11) is 0. The fourth-order valence-electron chi connectivity index (χ4n) is 3.50. The Hall–Kier alpha value is 0. The van der Waals surface area contributed by atoms with E-state index in [1.165, 1.54) is 6.42 Å². The number of hydrogen-bond donors (Lipinski definition) is 0. The van der Waals surface area contributed by atoms with Crippen LogP contribution in [0, 0.1) is 16.7 Å². The molecule has 92 valence electrons. The van der Waals surface area contributed by atoms with Crippen molar-refractivity contribution in [3.63, 3.8) is 0 Å². The summed E-state index contributed by atoms with van der Waals surface area (Å²) in [6.45, 7) is 6.86. The molecular weight excluding hydrogens is 319 g/mol. The summed E-state index contributed by atoms with van der Waals surface area (Å²) in [4.78, 5) is 11.4. The Labute approximate surface area is 110 Å². The minimum absolute atomic E-state index is 0.0386. The molecule has 4 heteroatoms. The van der Waals surface area contributed by atoms with Gasteiger partial charge in [0.25, 0.3) is 0 Å².